The van der Waals surface area contributed by atoms with Crippen LogP contribution in [0, 0.1) is 0 Å². The summed E-state index contributed by atoms with van der Waals surface area (Å²) in [5.74, 6) is -0.950. The minimum absolute atomic E-state index is 0.0210. The fourth-order valence-electron chi connectivity index (χ4n) is 3.39. The van der Waals surface area contributed by atoms with Crippen molar-refractivity contribution in [1.29, 1.82) is 0 Å². The summed E-state index contributed by atoms with van der Waals surface area (Å²) < 4.78 is 16.5. The molecule has 0 unspecified atom stereocenters. The normalized spacial score (nSPS) is 10.9. The molecule has 0 atom stereocenters. The van der Waals surface area contributed by atoms with Gasteiger partial charge in [-0.2, -0.15) is 0 Å². The van der Waals surface area contributed by atoms with Crippen LogP contribution in [-0.2, 0) is 0 Å². The van der Waals surface area contributed by atoms with E-state index < -0.39 is 11.4 Å². The predicted octanol–water partition coefficient (Wildman–Crippen LogP) is 3.72. The molecule has 1 aliphatic heterocycles. The summed E-state index contributed by atoms with van der Waals surface area (Å²) in [5, 5.41) is 13.0. The summed E-state index contributed by atoms with van der Waals surface area (Å²) in [4.78, 5) is 30.0. The molecule has 0 radical (unpaired) electrons. The Bertz CT molecular complexity index is 1310. The molecule has 4 rings (SSSR count). The third-order valence-electron chi connectivity index (χ3n) is 4.81. The van der Waals surface area contributed by atoms with Gasteiger partial charge in [-0.1, -0.05) is 12.1 Å². The number of methoxy groups -OCH3 is 2. The van der Waals surface area contributed by atoms with Gasteiger partial charge in [0.25, 0.3) is 0 Å². The van der Waals surface area contributed by atoms with E-state index >= 15 is 0 Å². The van der Waals surface area contributed by atoms with Crippen molar-refractivity contribution in [1.82, 2.24) is 4.98 Å². The molecule has 152 valence electrons. The van der Waals surface area contributed by atoms with E-state index in [0.717, 1.165) is 5.69 Å². The van der Waals surface area contributed by atoms with Crippen LogP contribution in [0.3, 0.4) is 0 Å². The van der Waals surface area contributed by atoms with Crippen LogP contribution < -0.4 is 20.2 Å². The molecule has 0 fully saturated rings. The Hall–Kier alpha value is -4.07. The maximum atomic E-state index is 13.3. The molecule has 8 nitrogen and oxygen atoms in total. The zero-order chi connectivity index (χ0) is 21.4. The average molecular weight is 406 g/mol. The molecule has 1 aliphatic carbocycles. The van der Waals surface area contributed by atoms with Crippen LogP contribution >= 0.6 is 0 Å². The van der Waals surface area contributed by atoms with Gasteiger partial charge < -0.3 is 24.3 Å². The lowest BCUT2D eigenvalue weighted by Crippen LogP contribution is -2.18. The third kappa shape index (κ3) is 2.98. The maximum absolute atomic E-state index is 13.3. The maximum Gasteiger partial charge on any atom is 0.338 e. The number of hydrogen-bond donors (Lipinski definition) is 2. The fraction of sp³-hybridized carbons (Fsp3) is 0.136. The molecule has 0 aromatic heterocycles. The largest absolute Gasteiger partial charge is 0.497 e. The van der Waals surface area contributed by atoms with Gasteiger partial charge in [-0.25, -0.2) is 9.78 Å². The molecule has 0 bridgehead atoms. The highest BCUT2D eigenvalue weighted by molar-refractivity contribution is 6.04. The van der Waals surface area contributed by atoms with Crippen molar-refractivity contribution in [3.63, 3.8) is 0 Å². The number of benzene rings is 3. The Kier molecular flexibility index (Phi) is 4.75. The van der Waals surface area contributed by atoms with Crippen LogP contribution in [0.4, 0.5) is 5.69 Å². The van der Waals surface area contributed by atoms with E-state index in [-0.39, 0.29) is 28.3 Å². The molecule has 1 heterocycles. The molecule has 2 N–H and O–H groups in total. The molecule has 0 spiro atoms. The molecular formula is C22H18N2O6. The molecule has 8 heteroatoms. The minimum atomic E-state index is -1.30. The van der Waals surface area contributed by atoms with Crippen molar-refractivity contribution in [3.8, 4) is 34.1 Å². The van der Waals surface area contributed by atoms with Crippen molar-refractivity contribution in [2.45, 2.75) is 0 Å². The molecule has 0 amide bonds. The summed E-state index contributed by atoms with van der Waals surface area (Å²) in [6.45, 7) is 0. The molecule has 2 aromatic carbocycles. The van der Waals surface area contributed by atoms with Gasteiger partial charge in [0.05, 0.1) is 19.8 Å². The zero-order valence-electron chi connectivity index (χ0n) is 16.5. The first-order valence-corrected chi connectivity index (χ1v) is 9.02. The van der Waals surface area contributed by atoms with E-state index in [9.17, 15) is 14.7 Å². The highest BCUT2D eigenvalue weighted by atomic mass is 16.5. The lowest BCUT2D eigenvalue weighted by Gasteiger charge is -2.16. The number of anilines is 1. The van der Waals surface area contributed by atoms with Gasteiger partial charge in [0.1, 0.15) is 22.5 Å². The van der Waals surface area contributed by atoms with Crippen molar-refractivity contribution in [2.75, 3.05) is 26.6 Å². The second kappa shape index (κ2) is 7.40. The second-order valence-corrected chi connectivity index (χ2v) is 6.47. The highest BCUT2D eigenvalue weighted by Gasteiger charge is 2.31. The van der Waals surface area contributed by atoms with E-state index in [0.29, 0.717) is 22.4 Å². The SMILES string of the molecule is CNc1ccc2nc3c(C(=O)O)c(-c4cccc(OC)c4)c(=O)c(OC)c-3oc2c1. The number of carbonyl (C=O) groups is 1. The topological polar surface area (TPSA) is 111 Å². The van der Waals surface area contributed by atoms with Crippen molar-refractivity contribution >= 4 is 22.8 Å². The highest BCUT2D eigenvalue weighted by Crippen LogP contribution is 2.39. The molecule has 0 saturated carbocycles. The standard InChI is InChI=1S/C22H18N2O6/c1-23-12-7-8-14-15(10-12)30-20-18(24-14)17(22(26)27)16(19(25)21(20)29-3)11-5-4-6-13(9-11)28-2/h4-10,23H,1-3H3,(H,26,27). The van der Waals surface area contributed by atoms with Crippen LogP contribution in [0.2, 0.25) is 0 Å². The van der Waals surface area contributed by atoms with Gasteiger partial charge in [-0.3, -0.25) is 4.79 Å². The second-order valence-electron chi connectivity index (χ2n) is 6.47. The van der Waals surface area contributed by atoms with Crippen LogP contribution in [0.15, 0.2) is 51.7 Å². The van der Waals surface area contributed by atoms with Gasteiger partial charge in [0.15, 0.2) is 11.3 Å². The van der Waals surface area contributed by atoms with E-state index in [1.54, 1.807) is 49.5 Å². The lowest BCUT2D eigenvalue weighted by atomic mass is 9.94. The van der Waals surface area contributed by atoms with Gasteiger partial charge in [0, 0.05) is 18.8 Å². The third-order valence-corrected chi connectivity index (χ3v) is 4.81. The first-order valence-electron chi connectivity index (χ1n) is 9.02. The van der Waals surface area contributed by atoms with E-state index in [4.69, 9.17) is 13.9 Å². The summed E-state index contributed by atoms with van der Waals surface area (Å²) in [7, 11) is 4.58. The molecular weight excluding hydrogens is 388 g/mol. The Morgan fingerprint density at radius 1 is 1.13 bits per heavy atom. The van der Waals surface area contributed by atoms with Gasteiger partial charge >= 0.3 is 5.97 Å². The predicted molar refractivity (Wildman–Crippen MR) is 112 cm³/mol. The number of nitrogens with zero attached hydrogens (tertiary/aromatic N) is 1. The monoisotopic (exact) mass is 406 g/mol. The van der Waals surface area contributed by atoms with Crippen LogP contribution in [-0.4, -0.2) is 37.3 Å². The number of aromatic nitrogens is 1. The number of fused-ring (bicyclic) bond motifs is 2. The van der Waals surface area contributed by atoms with E-state index in [2.05, 4.69) is 10.3 Å². The van der Waals surface area contributed by atoms with Crippen LogP contribution in [0.5, 0.6) is 11.5 Å². The van der Waals surface area contributed by atoms with Gasteiger partial charge in [-0.15, -0.1) is 0 Å². The molecule has 2 aromatic rings. The quantitative estimate of drug-likeness (QED) is 0.483. The summed E-state index contributed by atoms with van der Waals surface area (Å²) in [6, 6.07) is 11.8. The van der Waals surface area contributed by atoms with Crippen LogP contribution in [0.25, 0.3) is 33.7 Å². The smallest absolute Gasteiger partial charge is 0.338 e. The number of nitrogens with one attached hydrogen (secondary N) is 1. The summed E-state index contributed by atoms with van der Waals surface area (Å²) in [5.41, 5.74) is 1.11. The van der Waals surface area contributed by atoms with Gasteiger partial charge in [0.2, 0.25) is 11.2 Å². The fourth-order valence-corrected chi connectivity index (χ4v) is 3.39. The van der Waals surface area contributed by atoms with Crippen molar-refractivity contribution in [3.05, 3.63) is 58.3 Å². The minimum Gasteiger partial charge on any atom is -0.497 e. The first kappa shape index (κ1) is 19.3. The number of ether oxygens (including phenoxy) is 2. The lowest BCUT2D eigenvalue weighted by molar-refractivity contribution is 0.0697. The van der Waals surface area contributed by atoms with Gasteiger partial charge in [-0.05, 0) is 29.8 Å². The summed E-state index contributed by atoms with van der Waals surface area (Å²) >= 11 is 0. The molecule has 0 saturated heterocycles. The zero-order valence-corrected chi connectivity index (χ0v) is 16.5. The van der Waals surface area contributed by atoms with E-state index in [1.165, 1.54) is 14.2 Å². The number of carboxylic acid groups (broad SMARTS) is 1. The molecule has 2 aliphatic rings. The Morgan fingerprint density at radius 3 is 2.60 bits per heavy atom. The summed E-state index contributed by atoms with van der Waals surface area (Å²) in [6.07, 6.45) is 0. The Labute approximate surface area is 171 Å². The number of carboxylic acids is 1. The Morgan fingerprint density at radius 2 is 1.93 bits per heavy atom. The average Bonchev–Trinajstić information content (AvgIpc) is 2.76. The number of hydrogen-bond acceptors (Lipinski definition) is 7. The first-order chi connectivity index (χ1) is 14.5. The van der Waals surface area contributed by atoms with Crippen molar-refractivity contribution in [2.24, 2.45) is 0 Å². The molecule has 30 heavy (non-hydrogen) atoms. The number of aromatic carboxylic acids is 1. The van der Waals surface area contributed by atoms with E-state index in [1.807, 2.05) is 0 Å². The van der Waals surface area contributed by atoms with Crippen LogP contribution in [0.1, 0.15) is 10.4 Å². The Balaban J connectivity index is 2.17. The van der Waals surface area contributed by atoms with Crippen molar-refractivity contribution < 1.29 is 23.8 Å². The number of rotatable bonds is 5.